The number of anilines is 1. The van der Waals surface area contributed by atoms with Gasteiger partial charge in [-0.1, -0.05) is 23.5 Å². The van der Waals surface area contributed by atoms with Crippen LogP contribution < -0.4 is 15.2 Å². The van der Waals surface area contributed by atoms with Crippen molar-refractivity contribution < 1.29 is 13.2 Å². The van der Waals surface area contributed by atoms with Gasteiger partial charge in [-0.25, -0.2) is 18.5 Å². The fourth-order valence-corrected chi connectivity index (χ4v) is 3.39. The number of nitrogens with zero attached hydrogens (tertiary/aromatic N) is 1. The van der Waals surface area contributed by atoms with E-state index in [2.05, 4.69) is 10.3 Å². The molecule has 0 amide bonds. The Kier molecular flexibility index (Phi) is 5.05. The molecule has 2 rings (SSSR count). The summed E-state index contributed by atoms with van der Waals surface area (Å²) in [6.45, 7) is 5.91. The maximum atomic E-state index is 11.3. The first-order valence-corrected chi connectivity index (χ1v) is 9.14. The number of primary sulfonamides is 1. The predicted octanol–water partition coefficient (Wildman–Crippen LogP) is 2.75. The summed E-state index contributed by atoms with van der Waals surface area (Å²) in [4.78, 5) is 4.04. The summed E-state index contributed by atoms with van der Waals surface area (Å²) in [5.74, 6) is 0.797. The van der Waals surface area contributed by atoms with Crippen molar-refractivity contribution in [3.8, 4) is 5.75 Å². The molecule has 6 nitrogen and oxygen atoms in total. The number of hydrogen-bond acceptors (Lipinski definition) is 6. The highest BCUT2D eigenvalue weighted by Gasteiger charge is 2.14. The Bertz CT molecular complexity index is 741. The number of hydrogen-bond donors (Lipinski definition) is 2. The Balaban J connectivity index is 2.12. The van der Waals surface area contributed by atoms with Crippen molar-refractivity contribution in [2.75, 3.05) is 5.32 Å². The van der Waals surface area contributed by atoms with E-state index in [1.807, 2.05) is 45.0 Å². The predicted molar refractivity (Wildman–Crippen MR) is 87.7 cm³/mol. The van der Waals surface area contributed by atoms with E-state index in [0.717, 1.165) is 22.6 Å². The van der Waals surface area contributed by atoms with Crippen LogP contribution in [0.15, 0.2) is 34.7 Å². The van der Waals surface area contributed by atoms with Crippen LogP contribution in [-0.2, 0) is 10.0 Å². The van der Waals surface area contributed by atoms with E-state index in [4.69, 9.17) is 9.88 Å². The van der Waals surface area contributed by atoms with Gasteiger partial charge >= 0.3 is 0 Å². The number of sulfonamides is 1. The van der Waals surface area contributed by atoms with Gasteiger partial charge in [-0.3, -0.25) is 0 Å². The molecule has 0 unspecified atom stereocenters. The van der Waals surface area contributed by atoms with E-state index in [9.17, 15) is 8.42 Å². The number of nitrogens with one attached hydrogen (secondary N) is 1. The van der Waals surface area contributed by atoms with Gasteiger partial charge in [-0.2, -0.15) is 0 Å². The maximum Gasteiger partial charge on any atom is 0.249 e. The van der Waals surface area contributed by atoms with E-state index in [1.54, 1.807) is 0 Å². The van der Waals surface area contributed by atoms with Crippen molar-refractivity contribution in [2.24, 2.45) is 5.14 Å². The molecular weight excluding hydrogens is 322 g/mol. The van der Waals surface area contributed by atoms with Gasteiger partial charge in [-0.05, 0) is 38.5 Å². The Morgan fingerprint density at radius 1 is 1.32 bits per heavy atom. The molecule has 0 bridgehead atoms. The molecule has 2 aromatic rings. The molecule has 22 heavy (non-hydrogen) atoms. The molecule has 0 saturated heterocycles. The molecule has 0 aliphatic heterocycles. The number of benzene rings is 1. The minimum Gasteiger partial charge on any atom is -0.491 e. The zero-order valence-corrected chi connectivity index (χ0v) is 14.2. The van der Waals surface area contributed by atoms with Crippen LogP contribution in [0.5, 0.6) is 5.75 Å². The van der Waals surface area contributed by atoms with Crippen molar-refractivity contribution in [1.29, 1.82) is 0 Å². The van der Waals surface area contributed by atoms with Gasteiger partial charge in [0, 0.05) is 0 Å². The van der Waals surface area contributed by atoms with E-state index in [0.29, 0.717) is 5.13 Å². The third-order valence-electron chi connectivity index (χ3n) is 2.83. The number of thiazole rings is 1. The Hall–Kier alpha value is -1.64. The van der Waals surface area contributed by atoms with Crippen LogP contribution in [0.4, 0.5) is 5.13 Å². The van der Waals surface area contributed by atoms with E-state index in [-0.39, 0.29) is 16.4 Å². The van der Waals surface area contributed by atoms with Crippen molar-refractivity contribution in [2.45, 2.75) is 37.1 Å². The minimum atomic E-state index is -3.71. The highest BCUT2D eigenvalue weighted by molar-refractivity contribution is 7.91. The average molecular weight is 341 g/mol. The third-order valence-corrected chi connectivity index (χ3v) is 5.17. The number of ether oxygens (including phenoxy) is 1. The molecule has 3 N–H and O–H groups in total. The molecule has 1 aromatic heterocycles. The van der Waals surface area contributed by atoms with Crippen LogP contribution in [0, 0.1) is 0 Å². The lowest BCUT2D eigenvalue weighted by atomic mass is 10.1. The van der Waals surface area contributed by atoms with E-state index < -0.39 is 10.0 Å². The normalized spacial score (nSPS) is 13.1. The quantitative estimate of drug-likeness (QED) is 0.842. The molecule has 1 heterocycles. The molecule has 0 radical (unpaired) electrons. The summed E-state index contributed by atoms with van der Waals surface area (Å²) in [5.41, 5.74) is 1.02. The van der Waals surface area contributed by atoms with Crippen molar-refractivity contribution in [3.05, 3.63) is 36.0 Å². The first-order valence-electron chi connectivity index (χ1n) is 6.77. The number of aromatic nitrogens is 1. The summed E-state index contributed by atoms with van der Waals surface area (Å²) >= 11 is 1.01. The lowest BCUT2D eigenvalue weighted by Gasteiger charge is -2.16. The van der Waals surface area contributed by atoms with Gasteiger partial charge < -0.3 is 10.1 Å². The van der Waals surface area contributed by atoms with Crippen molar-refractivity contribution in [1.82, 2.24) is 4.98 Å². The van der Waals surface area contributed by atoms with Gasteiger partial charge in [0.1, 0.15) is 5.75 Å². The Morgan fingerprint density at radius 2 is 2.05 bits per heavy atom. The second kappa shape index (κ2) is 6.64. The fourth-order valence-electron chi connectivity index (χ4n) is 1.86. The summed E-state index contributed by atoms with van der Waals surface area (Å²) < 4.78 is 28.2. The van der Waals surface area contributed by atoms with Crippen molar-refractivity contribution in [3.63, 3.8) is 0 Å². The van der Waals surface area contributed by atoms with E-state index >= 15 is 0 Å². The molecule has 0 saturated carbocycles. The SMILES string of the molecule is CC(C)Oc1cccc([C@@H](C)Nc2ncc(S(N)(=O)=O)s2)c1. The first-order chi connectivity index (χ1) is 10.3. The van der Waals surface area contributed by atoms with Crippen LogP contribution in [-0.4, -0.2) is 19.5 Å². The molecule has 0 spiro atoms. The molecule has 0 aliphatic rings. The average Bonchev–Trinajstić information content (AvgIpc) is 2.86. The highest BCUT2D eigenvalue weighted by atomic mass is 32.2. The second-order valence-corrected chi connectivity index (χ2v) is 7.95. The summed E-state index contributed by atoms with van der Waals surface area (Å²) in [6.07, 6.45) is 1.36. The molecule has 120 valence electrons. The third kappa shape index (κ3) is 4.43. The van der Waals surface area contributed by atoms with Gasteiger partial charge in [0.05, 0.1) is 18.3 Å². The lowest BCUT2D eigenvalue weighted by Crippen LogP contribution is -2.10. The largest absolute Gasteiger partial charge is 0.491 e. The van der Waals surface area contributed by atoms with Crippen LogP contribution in [0.3, 0.4) is 0 Å². The van der Waals surface area contributed by atoms with Gasteiger partial charge in [0.2, 0.25) is 10.0 Å². The standard InChI is InChI=1S/C14H19N3O3S2/c1-9(2)20-12-6-4-5-11(7-12)10(3)17-14-16-8-13(21-14)22(15,18)19/h4-10H,1-3H3,(H,16,17)(H2,15,18,19)/t10-/m1/s1. The van der Waals surface area contributed by atoms with Crippen LogP contribution in [0.1, 0.15) is 32.4 Å². The Morgan fingerprint density at radius 3 is 2.64 bits per heavy atom. The smallest absolute Gasteiger partial charge is 0.249 e. The molecule has 1 aromatic carbocycles. The van der Waals surface area contributed by atoms with Crippen LogP contribution >= 0.6 is 11.3 Å². The molecular formula is C14H19N3O3S2. The highest BCUT2D eigenvalue weighted by Crippen LogP contribution is 2.27. The molecule has 8 heteroatoms. The maximum absolute atomic E-state index is 11.3. The second-order valence-electron chi connectivity index (χ2n) is 5.13. The lowest BCUT2D eigenvalue weighted by molar-refractivity contribution is 0.242. The zero-order valence-electron chi connectivity index (χ0n) is 12.6. The first kappa shape index (κ1) is 16.7. The van der Waals surface area contributed by atoms with Gasteiger partial charge in [-0.15, -0.1) is 0 Å². The van der Waals surface area contributed by atoms with Crippen molar-refractivity contribution >= 4 is 26.5 Å². The molecule has 1 atom stereocenters. The fraction of sp³-hybridized carbons (Fsp3) is 0.357. The summed E-state index contributed by atoms with van der Waals surface area (Å²) in [7, 11) is -3.71. The monoisotopic (exact) mass is 341 g/mol. The van der Waals surface area contributed by atoms with E-state index in [1.165, 1.54) is 6.20 Å². The minimum absolute atomic E-state index is 0.0408. The summed E-state index contributed by atoms with van der Waals surface area (Å²) in [5, 5.41) is 8.75. The molecule has 0 fully saturated rings. The van der Waals surface area contributed by atoms with Gasteiger partial charge in [0.15, 0.2) is 9.34 Å². The number of nitrogens with two attached hydrogens (primary N) is 1. The molecule has 0 aliphatic carbocycles. The summed E-state index contributed by atoms with van der Waals surface area (Å²) in [6, 6.07) is 7.70. The van der Waals surface area contributed by atoms with Crippen LogP contribution in [0.2, 0.25) is 0 Å². The van der Waals surface area contributed by atoms with Gasteiger partial charge in [0.25, 0.3) is 0 Å². The Labute approximate surface area is 134 Å². The van der Waals surface area contributed by atoms with Crippen LogP contribution in [0.25, 0.3) is 0 Å². The zero-order chi connectivity index (χ0) is 16.3. The number of rotatable bonds is 6. The topological polar surface area (TPSA) is 94.3 Å².